The highest BCUT2D eigenvalue weighted by Gasteiger charge is 2.14. The standard InChI is InChI=1S/C12H17NO5S/c1-9(14)8-13-19(17,18)11-5-2-10(3-6-11)4-7-12(15)16/h2-3,5-6,9,13-14H,4,7-8H2,1H3,(H,15,16)/t9-/m1/s1. The molecule has 0 aliphatic rings. The molecule has 0 amide bonds. The average Bonchev–Trinajstić information content (AvgIpc) is 2.34. The van der Waals surface area contributed by atoms with Crippen LogP contribution in [-0.4, -0.2) is 37.2 Å². The van der Waals surface area contributed by atoms with Gasteiger partial charge in [-0.2, -0.15) is 0 Å². The van der Waals surface area contributed by atoms with Gasteiger partial charge in [-0.15, -0.1) is 0 Å². The fraction of sp³-hybridized carbons (Fsp3) is 0.417. The van der Waals surface area contributed by atoms with Crippen molar-refractivity contribution < 1.29 is 23.4 Å². The van der Waals surface area contributed by atoms with E-state index >= 15 is 0 Å². The second-order valence-corrected chi connectivity index (χ2v) is 6.01. The van der Waals surface area contributed by atoms with Crippen molar-refractivity contribution in [2.45, 2.75) is 30.8 Å². The van der Waals surface area contributed by atoms with Crippen LogP contribution in [0, 0.1) is 0 Å². The van der Waals surface area contributed by atoms with Gasteiger partial charge in [0.25, 0.3) is 0 Å². The van der Waals surface area contributed by atoms with Crippen LogP contribution in [0.15, 0.2) is 29.2 Å². The zero-order valence-corrected chi connectivity index (χ0v) is 11.4. The summed E-state index contributed by atoms with van der Waals surface area (Å²) in [6.07, 6.45) is -0.395. The van der Waals surface area contributed by atoms with Crippen LogP contribution in [0.3, 0.4) is 0 Å². The Hall–Kier alpha value is -1.44. The summed E-state index contributed by atoms with van der Waals surface area (Å²) in [6, 6.07) is 6.00. The Labute approximate surface area is 112 Å². The van der Waals surface area contributed by atoms with E-state index in [4.69, 9.17) is 10.2 Å². The van der Waals surface area contributed by atoms with E-state index in [0.29, 0.717) is 6.42 Å². The van der Waals surface area contributed by atoms with Gasteiger partial charge >= 0.3 is 5.97 Å². The minimum Gasteiger partial charge on any atom is -0.481 e. The van der Waals surface area contributed by atoms with Crippen LogP contribution in [-0.2, 0) is 21.2 Å². The number of carboxylic acid groups (broad SMARTS) is 1. The first-order chi connectivity index (χ1) is 8.81. The molecule has 6 nitrogen and oxygen atoms in total. The molecule has 1 rings (SSSR count). The molecule has 0 aliphatic carbocycles. The lowest BCUT2D eigenvalue weighted by molar-refractivity contribution is -0.136. The van der Waals surface area contributed by atoms with E-state index in [1.54, 1.807) is 12.1 Å². The van der Waals surface area contributed by atoms with Crippen molar-refractivity contribution in [1.82, 2.24) is 4.72 Å². The summed E-state index contributed by atoms with van der Waals surface area (Å²) in [4.78, 5) is 10.5. The Balaban J connectivity index is 2.72. The maximum absolute atomic E-state index is 11.8. The molecule has 0 spiro atoms. The summed E-state index contributed by atoms with van der Waals surface area (Å²) in [5.74, 6) is -0.893. The molecule has 106 valence electrons. The molecule has 0 fully saturated rings. The van der Waals surface area contributed by atoms with Crippen molar-refractivity contribution >= 4 is 16.0 Å². The number of carboxylic acids is 1. The van der Waals surface area contributed by atoms with Crippen LogP contribution in [0.4, 0.5) is 0 Å². The molecular formula is C12H17NO5S. The Morgan fingerprint density at radius 2 is 1.89 bits per heavy atom. The monoisotopic (exact) mass is 287 g/mol. The summed E-state index contributed by atoms with van der Waals surface area (Å²) in [6.45, 7) is 1.43. The highest BCUT2D eigenvalue weighted by Crippen LogP contribution is 2.11. The molecule has 0 unspecified atom stereocenters. The molecule has 7 heteroatoms. The van der Waals surface area contributed by atoms with E-state index in [1.165, 1.54) is 19.1 Å². The second-order valence-electron chi connectivity index (χ2n) is 4.24. The SMILES string of the molecule is C[C@@H](O)CNS(=O)(=O)c1ccc(CCC(=O)O)cc1. The van der Waals surface area contributed by atoms with Crippen molar-refractivity contribution in [2.75, 3.05) is 6.54 Å². The summed E-state index contributed by atoms with van der Waals surface area (Å²) in [5, 5.41) is 17.6. The van der Waals surface area contributed by atoms with Crippen molar-refractivity contribution in [3.05, 3.63) is 29.8 Å². The van der Waals surface area contributed by atoms with Crippen LogP contribution in [0.2, 0.25) is 0 Å². The highest BCUT2D eigenvalue weighted by molar-refractivity contribution is 7.89. The fourth-order valence-electron chi connectivity index (χ4n) is 1.40. The predicted molar refractivity (Wildman–Crippen MR) is 69.3 cm³/mol. The fourth-order valence-corrected chi connectivity index (χ4v) is 2.52. The first-order valence-electron chi connectivity index (χ1n) is 5.80. The molecule has 3 N–H and O–H groups in total. The van der Waals surface area contributed by atoms with E-state index in [-0.39, 0.29) is 17.9 Å². The van der Waals surface area contributed by atoms with Gasteiger partial charge in [0, 0.05) is 13.0 Å². The van der Waals surface area contributed by atoms with Crippen molar-refractivity contribution in [1.29, 1.82) is 0 Å². The second kappa shape index (κ2) is 6.65. The Morgan fingerprint density at radius 3 is 2.37 bits per heavy atom. The number of nitrogens with one attached hydrogen (secondary N) is 1. The van der Waals surface area contributed by atoms with Gasteiger partial charge in [0.2, 0.25) is 10.0 Å². The Morgan fingerprint density at radius 1 is 1.32 bits per heavy atom. The number of benzene rings is 1. The number of rotatable bonds is 7. The third-order valence-electron chi connectivity index (χ3n) is 2.43. The van der Waals surface area contributed by atoms with E-state index < -0.39 is 22.1 Å². The Bertz CT molecular complexity index is 522. The largest absolute Gasteiger partial charge is 0.481 e. The van der Waals surface area contributed by atoms with Gasteiger partial charge in [0.15, 0.2) is 0 Å². The van der Waals surface area contributed by atoms with Gasteiger partial charge in [-0.25, -0.2) is 13.1 Å². The van der Waals surface area contributed by atoms with Gasteiger partial charge < -0.3 is 10.2 Å². The topological polar surface area (TPSA) is 104 Å². The van der Waals surface area contributed by atoms with Gasteiger partial charge in [0.05, 0.1) is 11.0 Å². The zero-order valence-electron chi connectivity index (χ0n) is 10.5. The molecule has 0 aliphatic heterocycles. The van der Waals surface area contributed by atoms with Crippen molar-refractivity contribution in [3.8, 4) is 0 Å². The van der Waals surface area contributed by atoms with Crippen LogP contribution >= 0.6 is 0 Å². The number of aliphatic hydroxyl groups excluding tert-OH is 1. The normalized spacial score (nSPS) is 13.2. The van der Waals surface area contributed by atoms with E-state index in [0.717, 1.165) is 5.56 Å². The summed E-state index contributed by atoms with van der Waals surface area (Å²) in [7, 11) is -3.63. The van der Waals surface area contributed by atoms with E-state index in [2.05, 4.69) is 4.72 Å². The first-order valence-corrected chi connectivity index (χ1v) is 7.28. The number of carbonyl (C=O) groups is 1. The lowest BCUT2D eigenvalue weighted by Crippen LogP contribution is -2.30. The van der Waals surface area contributed by atoms with Gasteiger partial charge in [0.1, 0.15) is 0 Å². The van der Waals surface area contributed by atoms with E-state index in [1.807, 2.05) is 0 Å². The predicted octanol–water partition coefficient (Wildman–Crippen LogP) is 0.363. The van der Waals surface area contributed by atoms with Crippen LogP contribution in [0.1, 0.15) is 18.9 Å². The highest BCUT2D eigenvalue weighted by atomic mass is 32.2. The molecular weight excluding hydrogens is 270 g/mol. The van der Waals surface area contributed by atoms with Crippen molar-refractivity contribution in [3.63, 3.8) is 0 Å². The number of aliphatic hydroxyl groups is 1. The maximum atomic E-state index is 11.8. The number of aliphatic carboxylic acids is 1. The van der Waals surface area contributed by atoms with Gasteiger partial charge in [-0.1, -0.05) is 12.1 Å². The van der Waals surface area contributed by atoms with Crippen LogP contribution in [0.5, 0.6) is 0 Å². The number of hydrogen-bond acceptors (Lipinski definition) is 4. The molecule has 0 saturated carbocycles. The molecule has 0 radical (unpaired) electrons. The van der Waals surface area contributed by atoms with Crippen LogP contribution < -0.4 is 4.72 Å². The molecule has 0 heterocycles. The summed E-state index contributed by atoms with van der Waals surface area (Å²) in [5.41, 5.74) is 0.761. The molecule has 0 bridgehead atoms. The number of aryl methyl sites for hydroxylation is 1. The third kappa shape index (κ3) is 5.37. The average molecular weight is 287 g/mol. The van der Waals surface area contributed by atoms with Gasteiger partial charge in [-0.3, -0.25) is 4.79 Å². The molecule has 1 atom stereocenters. The Kier molecular flexibility index (Phi) is 5.46. The quantitative estimate of drug-likeness (QED) is 0.672. The minimum absolute atomic E-state index is 0.00632. The third-order valence-corrected chi connectivity index (χ3v) is 3.87. The smallest absolute Gasteiger partial charge is 0.303 e. The maximum Gasteiger partial charge on any atom is 0.303 e. The zero-order chi connectivity index (χ0) is 14.5. The number of hydrogen-bond donors (Lipinski definition) is 3. The summed E-state index contributed by atoms with van der Waals surface area (Å²) < 4.78 is 25.9. The number of sulfonamides is 1. The van der Waals surface area contributed by atoms with E-state index in [9.17, 15) is 13.2 Å². The van der Waals surface area contributed by atoms with Crippen LogP contribution in [0.25, 0.3) is 0 Å². The summed E-state index contributed by atoms with van der Waals surface area (Å²) >= 11 is 0. The lowest BCUT2D eigenvalue weighted by Gasteiger charge is -2.08. The molecule has 0 saturated heterocycles. The molecule has 1 aromatic rings. The molecule has 0 aromatic heterocycles. The minimum atomic E-state index is -3.63. The lowest BCUT2D eigenvalue weighted by atomic mass is 10.1. The van der Waals surface area contributed by atoms with Crippen molar-refractivity contribution in [2.24, 2.45) is 0 Å². The molecule has 1 aromatic carbocycles. The van der Waals surface area contributed by atoms with Gasteiger partial charge in [-0.05, 0) is 31.0 Å². The molecule has 19 heavy (non-hydrogen) atoms. The first kappa shape index (κ1) is 15.6.